The second-order valence-electron chi connectivity index (χ2n) is 3.63. The van der Waals surface area contributed by atoms with Crippen LogP contribution in [0.4, 0.5) is 5.82 Å². The molecule has 0 radical (unpaired) electrons. The number of rotatable bonds is 3. The van der Waals surface area contributed by atoms with Gasteiger partial charge in [-0.05, 0) is 6.92 Å². The van der Waals surface area contributed by atoms with Gasteiger partial charge in [0.2, 0.25) is 0 Å². The summed E-state index contributed by atoms with van der Waals surface area (Å²) >= 11 is 1.52. The molecule has 0 fully saturated rings. The van der Waals surface area contributed by atoms with Gasteiger partial charge in [-0.1, -0.05) is 0 Å². The zero-order chi connectivity index (χ0) is 12.4. The molecule has 0 aliphatic rings. The zero-order valence-corrected chi connectivity index (χ0v) is 10.4. The Balaban J connectivity index is 2.00. The van der Waals surface area contributed by atoms with E-state index in [9.17, 15) is 4.79 Å². The van der Waals surface area contributed by atoms with Crippen LogP contribution in [0, 0.1) is 6.92 Å². The Bertz CT molecular complexity index is 545. The first-order chi connectivity index (χ1) is 8.08. The van der Waals surface area contributed by atoms with Crippen LogP contribution in [0.3, 0.4) is 0 Å². The highest BCUT2D eigenvalue weighted by atomic mass is 32.1. The Kier molecular flexibility index (Phi) is 3.10. The molecule has 2 rings (SSSR count). The number of nitrogens with one attached hydrogen (secondary N) is 1. The van der Waals surface area contributed by atoms with Crippen LogP contribution in [0.15, 0.2) is 11.6 Å². The minimum atomic E-state index is -0.233. The topological polar surface area (TPSA) is 85.8 Å². The first-order valence-electron chi connectivity index (χ1n) is 5.04. The number of nitrogen functional groups attached to an aromatic ring is 1. The quantitative estimate of drug-likeness (QED) is 0.840. The maximum absolute atomic E-state index is 11.8. The second-order valence-corrected chi connectivity index (χ2v) is 4.58. The third-order valence-electron chi connectivity index (χ3n) is 2.30. The molecule has 0 aliphatic heterocycles. The lowest BCUT2D eigenvalue weighted by Crippen LogP contribution is -2.23. The molecule has 0 atom stereocenters. The highest BCUT2D eigenvalue weighted by Crippen LogP contribution is 2.11. The van der Waals surface area contributed by atoms with E-state index in [0.717, 1.165) is 10.7 Å². The number of thiazole rings is 1. The fraction of sp³-hybridized carbons (Fsp3) is 0.300. The molecule has 0 spiro atoms. The molecule has 90 valence electrons. The van der Waals surface area contributed by atoms with Gasteiger partial charge < -0.3 is 11.1 Å². The van der Waals surface area contributed by atoms with E-state index in [1.807, 2.05) is 12.3 Å². The molecule has 0 aromatic carbocycles. The van der Waals surface area contributed by atoms with E-state index >= 15 is 0 Å². The number of nitrogens with zero attached hydrogens (tertiary/aromatic N) is 3. The van der Waals surface area contributed by atoms with Crippen LogP contribution in [0.2, 0.25) is 0 Å². The first kappa shape index (κ1) is 11.6. The van der Waals surface area contributed by atoms with Crippen molar-refractivity contribution >= 4 is 23.1 Å². The monoisotopic (exact) mass is 251 g/mol. The van der Waals surface area contributed by atoms with Gasteiger partial charge in [-0.15, -0.1) is 11.3 Å². The summed E-state index contributed by atoms with van der Waals surface area (Å²) < 4.78 is 1.46. The molecular weight excluding hydrogens is 238 g/mol. The summed E-state index contributed by atoms with van der Waals surface area (Å²) in [6.45, 7) is 2.33. The van der Waals surface area contributed by atoms with Gasteiger partial charge in [0.15, 0.2) is 0 Å². The molecule has 0 unspecified atom stereocenters. The molecule has 3 N–H and O–H groups in total. The van der Waals surface area contributed by atoms with Crippen LogP contribution < -0.4 is 11.1 Å². The molecule has 7 heteroatoms. The Labute approximate surface area is 102 Å². The number of carbonyl (C=O) groups excluding carboxylic acids is 1. The minimum absolute atomic E-state index is 0.233. The van der Waals surface area contributed by atoms with Crippen molar-refractivity contribution in [3.8, 4) is 0 Å². The molecule has 17 heavy (non-hydrogen) atoms. The van der Waals surface area contributed by atoms with Crippen LogP contribution in [0.1, 0.15) is 21.1 Å². The van der Waals surface area contributed by atoms with Crippen molar-refractivity contribution in [2.75, 3.05) is 5.73 Å². The van der Waals surface area contributed by atoms with Gasteiger partial charge in [-0.3, -0.25) is 9.48 Å². The third-order valence-corrected chi connectivity index (χ3v) is 3.26. The van der Waals surface area contributed by atoms with Gasteiger partial charge in [0.25, 0.3) is 5.91 Å². The summed E-state index contributed by atoms with van der Waals surface area (Å²) in [6, 6.07) is 0. The van der Waals surface area contributed by atoms with E-state index in [-0.39, 0.29) is 5.91 Å². The molecule has 2 aromatic heterocycles. The van der Waals surface area contributed by atoms with Crippen LogP contribution in [-0.4, -0.2) is 20.7 Å². The summed E-state index contributed by atoms with van der Waals surface area (Å²) in [5.74, 6) is 0.126. The summed E-state index contributed by atoms with van der Waals surface area (Å²) in [5, 5.41) is 9.49. The predicted octanol–water partition coefficient (Wildman–Crippen LogP) is 0.697. The maximum Gasteiger partial charge on any atom is 0.257 e. The van der Waals surface area contributed by atoms with Crippen LogP contribution in [0.5, 0.6) is 0 Å². The number of hydrogen-bond acceptors (Lipinski definition) is 5. The van der Waals surface area contributed by atoms with Crippen molar-refractivity contribution in [1.82, 2.24) is 20.1 Å². The van der Waals surface area contributed by atoms with Gasteiger partial charge in [-0.2, -0.15) is 5.10 Å². The SMILES string of the molecule is Cc1csc(CNC(=O)c2cnn(C)c2N)n1. The summed E-state index contributed by atoms with van der Waals surface area (Å²) in [6.07, 6.45) is 1.46. The largest absolute Gasteiger partial charge is 0.383 e. The minimum Gasteiger partial charge on any atom is -0.383 e. The predicted molar refractivity (Wildman–Crippen MR) is 65.6 cm³/mol. The van der Waals surface area contributed by atoms with Crippen molar-refractivity contribution in [2.45, 2.75) is 13.5 Å². The summed E-state index contributed by atoms with van der Waals surface area (Å²) in [5.41, 5.74) is 7.05. The average Bonchev–Trinajstić information content (AvgIpc) is 2.84. The van der Waals surface area contributed by atoms with E-state index in [2.05, 4.69) is 15.4 Å². The van der Waals surface area contributed by atoms with E-state index in [1.165, 1.54) is 22.2 Å². The lowest BCUT2D eigenvalue weighted by Gasteiger charge is -2.02. The fourth-order valence-electron chi connectivity index (χ4n) is 1.36. The molecule has 2 aromatic rings. The first-order valence-corrected chi connectivity index (χ1v) is 5.92. The molecular formula is C10H13N5OS. The molecule has 0 bridgehead atoms. The Hall–Kier alpha value is -1.89. The van der Waals surface area contributed by atoms with Gasteiger partial charge in [0.1, 0.15) is 16.4 Å². The normalized spacial score (nSPS) is 10.5. The van der Waals surface area contributed by atoms with Crippen LogP contribution >= 0.6 is 11.3 Å². The molecule has 1 amide bonds. The molecule has 6 nitrogen and oxygen atoms in total. The van der Waals surface area contributed by atoms with Gasteiger partial charge in [0.05, 0.1) is 12.7 Å². The van der Waals surface area contributed by atoms with E-state index in [0.29, 0.717) is 17.9 Å². The van der Waals surface area contributed by atoms with Crippen LogP contribution in [-0.2, 0) is 13.6 Å². The summed E-state index contributed by atoms with van der Waals surface area (Å²) in [7, 11) is 1.69. The fourth-order valence-corrected chi connectivity index (χ4v) is 2.07. The zero-order valence-electron chi connectivity index (χ0n) is 9.60. The number of carbonyl (C=O) groups is 1. The van der Waals surface area contributed by atoms with Crippen LogP contribution in [0.25, 0.3) is 0 Å². The maximum atomic E-state index is 11.8. The smallest absolute Gasteiger partial charge is 0.257 e. The van der Waals surface area contributed by atoms with Gasteiger partial charge in [-0.25, -0.2) is 4.98 Å². The van der Waals surface area contributed by atoms with Crippen molar-refractivity contribution in [3.63, 3.8) is 0 Å². The number of nitrogens with two attached hydrogens (primary N) is 1. The molecule has 2 heterocycles. The highest BCUT2D eigenvalue weighted by Gasteiger charge is 2.13. The highest BCUT2D eigenvalue weighted by molar-refractivity contribution is 7.09. The molecule has 0 saturated heterocycles. The number of aryl methyl sites for hydroxylation is 2. The van der Waals surface area contributed by atoms with Gasteiger partial charge >= 0.3 is 0 Å². The summed E-state index contributed by atoms with van der Waals surface area (Å²) in [4.78, 5) is 16.0. The lowest BCUT2D eigenvalue weighted by atomic mass is 10.3. The Morgan fingerprint density at radius 3 is 2.94 bits per heavy atom. The second kappa shape index (κ2) is 4.54. The number of hydrogen-bond donors (Lipinski definition) is 2. The van der Waals surface area contributed by atoms with E-state index in [1.54, 1.807) is 7.05 Å². The van der Waals surface area contributed by atoms with E-state index < -0.39 is 0 Å². The Morgan fingerprint density at radius 1 is 1.65 bits per heavy atom. The van der Waals surface area contributed by atoms with Gasteiger partial charge in [0, 0.05) is 18.1 Å². The lowest BCUT2D eigenvalue weighted by molar-refractivity contribution is 0.0951. The number of anilines is 1. The average molecular weight is 251 g/mol. The molecule has 0 saturated carbocycles. The molecule has 0 aliphatic carbocycles. The van der Waals surface area contributed by atoms with E-state index in [4.69, 9.17) is 5.73 Å². The standard InChI is InChI=1S/C10H13N5OS/c1-6-5-17-8(14-6)4-12-10(16)7-3-13-15(2)9(7)11/h3,5H,4,11H2,1-2H3,(H,12,16). The number of aromatic nitrogens is 3. The van der Waals surface area contributed by atoms with Crippen molar-refractivity contribution < 1.29 is 4.79 Å². The third kappa shape index (κ3) is 2.44. The van der Waals surface area contributed by atoms with Crippen molar-refractivity contribution in [1.29, 1.82) is 0 Å². The Morgan fingerprint density at radius 2 is 2.41 bits per heavy atom. The van der Waals surface area contributed by atoms with Crippen molar-refractivity contribution in [2.24, 2.45) is 7.05 Å². The number of amides is 1. The van der Waals surface area contributed by atoms with Crippen molar-refractivity contribution in [3.05, 3.63) is 27.8 Å².